The minimum atomic E-state index is -4.83. The van der Waals surface area contributed by atoms with Crippen LogP contribution in [0.4, 0.5) is 17.6 Å². The van der Waals surface area contributed by atoms with Crippen LogP contribution < -0.4 is 0 Å². The molecule has 6 heteroatoms. The monoisotopic (exact) mass is 343 g/mol. The van der Waals surface area contributed by atoms with E-state index in [-0.39, 0.29) is 22.3 Å². The van der Waals surface area contributed by atoms with Gasteiger partial charge in [0.1, 0.15) is 11.4 Å². The van der Waals surface area contributed by atoms with Crippen LogP contribution in [0, 0.1) is 5.82 Å². The second-order valence-corrected chi connectivity index (χ2v) is 5.65. The Balaban J connectivity index is 2.13. The van der Waals surface area contributed by atoms with E-state index in [1.54, 1.807) is 24.3 Å². The number of benzene rings is 2. The van der Waals surface area contributed by atoms with Crippen molar-refractivity contribution in [1.82, 2.24) is 4.98 Å². The fourth-order valence-corrected chi connectivity index (χ4v) is 3.13. The van der Waals surface area contributed by atoms with Gasteiger partial charge >= 0.3 is 6.18 Å². The van der Waals surface area contributed by atoms with E-state index in [1.165, 1.54) is 18.3 Å². The first kappa shape index (κ1) is 15.5. The number of carbonyl (C=O) groups is 1. The van der Waals surface area contributed by atoms with Crippen molar-refractivity contribution in [3.8, 4) is 0 Å². The molecule has 0 N–H and O–H groups in total. The quantitative estimate of drug-likeness (QED) is 0.586. The van der Waals surface area contributed by atoms with Crippen LogP contribution in [0.25, 0.3) is 16.5 Å². The number of rotatable bonds is 1. The Kier molecular flexibility index (Phi) is 3.25. The van der Waals surface area contributed by atoms with Crippen LogP contribution in [-0.4, -0.2) is 16.9 Å². The Morgan fingerprint density at radius 3 is 2.28 bits per heavy atom. The van der Waals surface area contributed by atoms with Crippen LogP contribution in [0.15, 0.2) is 60.3 Å². The molecule has 0 radical (unpaired) electrons. The predicted octanol–water partition coefficient (Wildman–Crippen LogP) is 4.93. The lowest BCUT2D eigenvalue weighted by atomic mass is 9.94. The van der Waals surface area contributed by atoms with Crippen molar-refractivity contribution >= 4 is 22.3 Å². The molecule has 0 aliphatic heterocycles. The number of fused-ring (bicyclic) bond motifs is 3. The van der Waals surface area contributed by atoms with Crippen LogP contribution in [-0.2, 0) is 0 Å². The zero-order chi connectivity index (χ0) is 17.8. The standard InChI is InChI=1S/C19H9F4NO/c20-11-7-5-10(6-8-11)15-16-12-3-1-2-4-14(12)24-9-13(16)18(25)17(15)19(21,22)23/h1-9H. The lowest BCUT2D eigenvalue weighted by Gasteiger charge is -2.12. The molecule has 0 amide bonds. The molecule has 2 nitrogen and oxygen atoms in total. The normalized spacial score (nSPS) is 14.3. The summed E-state index contributed by atoms with van der Waals surface area (Å²) < 4.78 is 54.1. The number of halogens is 4. The molecule has 124 valence electrons. The molecule has 0 spiro atoms. The largest absolute Gasteiger partial charge is 0.420 e. The van der Waals surface area contributed by atoms with Crippen molar-refractivity contribution in [2.75, 3.05) is 0 Å². The first-order chi connectivity index (χ1) is 11.9. The third-order valence-electron chi connectivity index (χ3n) is 4.16. The number of para-hydroxylation sites is 1. The Bertz CT molecular complexity index is 1050. The van der Waals surface area contributed by atoms with Crippen LogP contribution in [0.1, 0.15) is 21.5 Å². The molecular formula is C19H9F4NO. The van der Waals surface area contributed by atoms with Crippen molar-refractivity contribution in [2.45, 2.75) is 6.18 Å². The summed E-state index contributed by atoms with van der Waals surface area (Å²) in [6.45, 7) is 0. The third kappa shape index (κ3) is 2.33. The fraction of sp³-hybridized carbons (Fsp3) is 0.0526. The third-order valence-corrected chi connectivity index (χ3v) is 4.16. The first-order valence-electron chi connectivity index (χ1n) is 7.38. The smallest absolute Gasteiger partial charge is 0.289 e. The highest BCUT2D eigenvalue weighted by Gasteiger charge is 2.47. The molecule has 2 aromatic carbocycles. The average Bonchev–Trinajstić information content (AvgIpc) is 2.89. The van der Waals surface area contributed by atoms with E-state index in [0.29, 0.717) is 10.9 Å². The van der Waals surface area contributed by atoms with Crippen molar-refractivity contribution in [3.63, 3.8) is 0 Å². The topological polar surface area (TPSA) is 30.0 Å². The number of allylic oxidation sites excluding steroid dienone is 1. The summed E-state index contributed by atoms with van der Waals surface area (Å²) in [6.07, 6.45) is -3.66. The molecule has 1 aromatic heterocycles. The van der Waals surface area contributed by atoms with E-state index < -0.39 is 23.3 Å². The second-order valence-electron chi connectivity index (χ2n) is 5.65. The molecule has 3 aromatic rings. The van der Waals surface area contributed by atoms with Crippen LogP contribution in [0.2, 0.25) is 0 Å². The summed E-state index contributed by atoms with van der Waals surface area (Å²) in [5.41, 5.74) is -0.757. The van der Waals surface area contributed by atoms with Gasteiger partial charge in [-0.2, -0.15) is 13.2 Å². The van der Waals surface area contributed by atoms with Gasteiger partial charge in [-0.15, -0.1) is 0 Å². The van der Waals surface area contributed by atoms with Gasteiger partial charge in [-0.1, -0.05) is 30.3 Å². The Morgan fingerprint density at radius 1 is 0.920 bits per heavy atom. The van der Waals surface area contributed by atoms with E-state index in [4.69, 9.17) is 0 Å². The van der Waals surface area contributed by atoms with Gasteiger partial charge < -0.3 is 0 Å². The molecule has 0 saturated heterocycles. The maximum absolute atomic E-state index is 13.6. The number of nitrogens with zero attached hydrogens (tertiary/aromatic N) is 1. The predicted molar refractivity (Wildman–Crippen MR) is 84.6 cm³/mol. The molecule has 1 aliphatic carbocycles. The molecule has 0 unspecified atom stereocenters. The lowest BCUT2D eigenvalue weighted by molar-refractivity contribution is -0.0878. The van der Waals surface area contributed by atoms with E-state index in [0.717, 1.165) is 12.1 Å². The Hall–Kier alpha value is -3.02. The molecule has 0 fully saturated rings. The summed E-state index contributed by atoms with van der Waals surface area (Å²) in [5.74, 6) is -1.68. The van der Waals surface area contributed by atoms with Gasteiger partial charge in [-0.05, 0) is 23.8 Å². The van der Waals surface area contributed by atoms with Gasteiger partial charge in [0.2, 0.25) is 5.78 Å². The number of carbonyl (C=O) groups excluding carboxylic acids is 1. The first-order valence-corrected chi connectivity index (χ1v) is 7.38. The Morgan fingerprint density at radius 2 is 1.60 bits per heavy atom. The molecular weight excluding hydrogens is 334 g/mol. The lowest BCUT2D eigenvalue weighted by Crippen LogP contribution is -2.18. The fourth-order valence-electron chi connectivity index (χ4n) is 3.13. The number of hydrogen-bond donors (Lipinski definition) is 0. The van der Waals surface area contributed by atoms with Gasteiger partial charge in [0.15, 0.2) is 0 Å². The van der Waals surface area contributed by atoms with Gasteiger partial charge in [0.05, 0.1) is 5.52 Å². The number of hydrogen-bond acceptors (Lipinski definition) is 2. The number of pyridine rings is 1. The van der Waals surface area contributed by atoms with Gasteiger partial charge in [0, 0.05) is 28.3 Å². The van der Waals surface area contributed by atoms with Crippen molar-refractivity contribution in [2.24, 2.45) is 0 Å². The molecule has 0 bridgehead atoms. The van der Waals surface area contributed by atoms with E-state index in [1.807, 2.05) is 0 Å². The number of aromatic nitrogens is 1. The van der Waals surface area contributed by atoms with Crippen molar-refractivity contribution < 1.29 is 22.4 Å². The zero-order valence-corrected chi connectivity index (χ0v) is 12.6. The molecule has 1 aliphatic rings. The van der Waals surface area contributed by atoms with Crippen LogP contribution >= 0.6 is 0 Å². The summed E-state index contributed by atoms with van der Waals surface area (Å²) >= 11 is 0. The highest BCUT2D eigenvalue weighted by atomic mass is 19.4. The minimum Gasteiger partial charge on any atom is -0.289 e. The minimum absolute atomic E-state index is 0.0923. The second kappa shape index (κ2) is 5.24. The number of Topliss-reactive ketones (excluding diaryl/α,β-unsaturated/α-hetero) is 1. The summed E-state index contributed by atoms with van der Waals surface area (Å²) in [7, 11) is 0. The zero-order valence-electron chi connectivity index (χ0n) is 12.6. The van der Waals surface area contributed by atoms with E-state index in [2.05, 4.69) is 4.98 Å². The van der Waals surface area contributed by atoms with Crippen molar-refractivity contribution in [1.29, 1.82) is 0 Å². The Labute approximate surface area is 139 Å². The molecule has 0 saturated carbocycles. The summed E-state index contributed by atoms with van der Waals surface area (Å²) in [6, 6.07) is 11.3. The van der Waals surface area contributed by atoms with Crippen molar-refractivity contribution in [3.05, 3.63) is 82.8 Å². The molecule has 4 rings (SSSR count). The molecule has 25 heavy (non-hydrogen) atoms. The maximum Gasteiger partial charge on any atom is 0.420 e. The SMILES string of the molecule is O=C1C(C(F)(F)F)=C(c2ccc(F)cc2)c2c1cnc1ccccc21. The maximum atomic E-state index is 13.6. The molecule has 1 heterocycles. The highest BCUT2D eigenvalue weighted by molar-refractivity contribution is 6.26. The van der Waals surface area contributed by atoms with Gasteiger partial charge in [-0.25, -0.2) is 4.39 Å². The van der Waals surface area contributed by atoms with Gasteiger partial charge in [0.25, 0.3) is 0 Å². The average molecular weight is 343 g/mol. The summed E-state index contributed by atoms with van der Waals surface area (Å²) in [5, 5.41) is 0.451. The number of alkyl halides is 3. The molecule has 0 atom stereocenters. The number of ketones is 1. The van der Waals surface area contributed by atoms with Gasteiger partial charge in [-0.3, -0.25) is 9.78 Å². The van der Waals surface area contributed by atoms with E-state index >= 15 is 0 Å². The van der Waals surface area contributed by atoms with Crippen LogP contribution in [0.5, 0.6) is 0 Å². The van der Waals surface area contributed by atoms with E-state index in [9.17, 15) is 22.4 Å². The van der Waals surface area contributed by atoms with Crippen LogP contribution in [0.3, 0.4) is 0 Å². The summed E-state index contributed by atoms with van der Waals surface area (Å²) in [4.78, 5) is 16.5. The highest BCUT2D eigenvalue weighted by Crippen LogP contribution is 2.46.